The summed E-state index contributed by atoms with van der Waals surface area (Å²) in [5.41, 5.74) is 5.93. The van der Waals surface area contributed by atoms with E-state index in [0.29, 0.717) is 11.4 Å². The van der Waals surface area contributed by atoms with Gasteiger partial charge in [-0.1, -0.05) is 0 Å². The van der Waals surface area contributed by atoms with Crippen LogP contribution in [0.15, 0.2) is 36.8 Å². The first-order valence-corrected chi connectivity index (χ1v) is 4.31. The molecule has 0 aromatic carbocycles. The number of rotatable bonds is 2. The summed E-state index contributed by atoms with van der Waals surface area (Å²) >= 11 is 0. The molecule has 2 rings (SSSR count). The van der Waals surface area contributed by atoms with Gasteiger partial charge in [0.05, 0.1) is 5.56 Å². The molecule has 0 atom stereocenters. The summed E-state index contributed by atoms with van der Waals surface area (Å²) in [6.07, 6.45) is 4.70. The van der Waals surface area contributed by atoms with E-state index in [2.05, 4.69) is 15.0 Å². The zero-order valence-electron chi connectivity index (χ0n) is 7.79. The van der Waals surface area contributed by atoms with E-state index >= 15 is 0 Å². The summed E-state index contributed by atoms with van der Waals surface area (Å²) < 4.78 is 0. The topological polar surface area (TPSA) is 81.8 Å². The molecule has 2 N–H and O–H groups in total. The summed E-state index contributed by atoms with van der Waals surface area (Å²) in [5, 5.41) is 0. The zero-order valence-corrected chi connectivity index (χ0v) is 7.79. The maximum Gasteiger partial charge on any atom is 0.268 e. The normalized spacial score (nSPS) is 9.87. The summed E-state index contributed by atoms with van der Waals surface area (Å²) in [6, 6.07) is 5.12. The molecule has 2 heterocycles. The molecule has 0 saturated carbocycles. The second kappa shape index (κ2) is 3.83. The van der Waals surface area contributed by atoms with Crippen molar-refractivity contribution in [1.29, 1.82) is 0 Å². The molecule has 0 bridgehead atoms. The fourth-order valence-corrected chi connectivity index (χ4v) is 1.22. The number of aromatic nitrogens is 3. The summed E-state index contributed by atoms with van der Waals surface area (Å²) in [5.74, 6) is -0.141. The summed E-state index contributed by atoms with van der Waals surface area (Å²) in [7, 11) is 0. The largest absolute Gasteiger partial charge is 0.364 e. The lowest BCUT2D eigenvalue weighted by Gasteiger charge is -2.02. The summed E-state index contributed by atoms with van der Waals surface area (Å²) in [6.45, 7) is 0. The van der Waals surface area contributed by atoms with Crippen LogP contribution in [0.25, 0.3) is 11.4 Å². The predicted octanol–water partition coefficient (Wildman–Crippen LogP) is 0.637. The Bertz CT molecular complexity index is 484. The van der Waals surface area contributed by atoms with Crippen molar-refractivity contribution in [3.63, 3.8) is 0 Å². The number of nitrogens with zero attached hydrogens (tertiary/aromatic N) is 3. The van der Waals surface area contributed by atoms with Gasteiger partial charge in [0.1, 0.15) is 5.69 Å². The van der Waals surface area contributed by atoms with E-state index in [-0.39, 0.29) is 5.69 Å². The highest BCUT2D eigenvalue weighted by molar-refractivity contribution is 5.96. The van der Waals surface area contributed by atoms with Gasteiger partial charge in [0, 0.05) is 18.6 Å². The lowest BCUT2D eigenvalue weighted by atomic mass is 10.1. The number of nitrogens with two attached hydrogens (primary N) is 1. The first-order chi connectivity index (χ1) is 7.29. The summed E-state index contributed by atoms with van der Waals surface area (Å²) in [4.78, 5) is 23.1. The third-order valence-corrected chi connectivity index (χ3v) is 1.85. The minimum Gasteiger partial charge on any atom is -0.364 e. The van der Waals surface area contributed by atoms with Crippen LogP contribution in [-0.2, 0) is 0 Å². The molecule has 0 saturated heterocycles. The van der Waals surface area contributed by atoms with Crippen molar-refractivity contribution in [2.24, 2.45) is 5.73 Å². The van der Waals surface area contributed by atoms with Crippen LogP contribution in [0.4, 0.5) is 0 Å². The number of amides is 1. The van der Waals surface area contributed by atoms with Gasteiger partial charge in [-0.15, -0.1) is 0 Å². The molecule has 0 radical (unpaired) electrons. The highest BCUT2D eigenvalue weighted by atomic mass is 16.1. The van der Waals surface area contributed by atoms with Crippen LogP contribution in [0.1, 0.15) is 10.5 Å². The van der Waals surface area contributed by atoms with Crippen molar-refractivity contribution in [2.75, 3.05) is 0 Å². The van der Waals surface area contributed by atoms with Crippen LogP contribution in [-0.4, -0.2) is 20.9 Å². The van der Waals surface area contributed by atoms with Gasteiger partial charge in [-0.05, 0) is 18.2 Å². The maximum atomic E-state index is 11.1. The Morgan fingerprint density at radius 3 is 2.40 bits per heavy atom. The van der Waals surface area contributed by atoms with Crippen molar-refractivity contribution in [2.45, 2.75) is 0 Å². The van der Waals surface area contributed by atoms with Crippen molar-refractivity contribution in [3.8, 4) is 11.4 Å². The van der Waals surface area contributed by atoms with E-state index in [1.807, 2.05) is 0 Å². The molecular formula is C10H8N4O. The molecule has 0 fully saturated rings. The Hall–Kier alpha value is -2.30. The Labute approximate surface area is 86.0 Å². The van der Waals surface area contributed by atoms with E-state index < -0.39 is 5.91 Å². The Kier molecular flexibility index (Phi) is 2.37. The van der Waals surface area contributed by atoms with Gasteiger partial charge in [0.15, 0.2) is 5.82 Å². The number of carbonyl (C=O) groups excluding carboxylic acids is 1. The lowest BCUT2D eigenvalue weighted by molar-refractivity contribution is 0.0996. The lowest BCUT2D eigenvalue weighted by Crippen LogP contribution is -2.14. The van der Waals surface area contributed by atoms with Crippen molar-refractivity contribution < 1.29 is 4.79 Å². The number of primary amides is 1. The van der Waals surface area contributed by atoms with Crippen LogP contribution in [0.5, 0.6) is 0 Å². The smallest absolute Gasteiger partial charge is 0.268 e. The van der Waals surface area contributed by atoms with Crippen molar-refractivity contribution in [3.05, 3.63) is 42.5 Å². The van der Waals surface area contributed by atoms with Crippen LogP contribution in [0.3, 0.4) is 0 Å². The molecule has 0 aliphatic carbocycles. The van der Waals surface area contributed by atoms with E-state index in [9.17, 15) is 4.79 Å². The molecule has 0 unspecified atom stereocenters. The number of hydrogen-bond donors (Lipinski definition) is 1. The quantitative estimate of drug-likeness (QED) is 0.771. The Morgan fingerprint density at radius 1 is 1.07 bits per heavy atom. The Morgan fingerprint density at radius 2 is 1.73 bits per heavy atom. The fourth-order valence-electron chi connectivity index (χ4n) is 1.22. The first-order valence-electron chi connectivity index (χ1n) is 4.31. The monoisotopic (exact) mass is 200 g/mol. The molecular weight excluding hydrogens is 192 g/mol. The van der Waals surface area contributed by atoms with Crippen LogP contribution in [0.2, 0.25) is 0 Å². The van der Waals surface area contributed by atoms with E-state index in [1.54, 1.807) is 30.6 Å². The Balaban J connectivity index is 2.58. The highest BCUT2D eigenvalue weighted by Crippen LogP contribution is 2.16. The highest BCUT2D eigenvalue weighted by Gasteiger charge is 2.11. The number of carbonyl (C=O) groups is 1. The maximum absolute atomic E-state index is 11.1. The predicted molar refractivity (Wildman–Crippen MR) is 53.8 cm³/mol. The molecule has 5 nitrogen and oxygen atoms in total. The third kappa shape index (κ3) is 1.80. The molecule has 2 aromatic rings. The van der Waals surface area contributed by atoms with Gasteiger partial charge in [-0.25, -0.2) is 9.97 Å². The van der Waals surface area contributed by atoms with E-state index in [4.69, 9.17) is 5.73 Å². The van der Waals surface area contributed by atoms with Gasteiger partial charge >= 0.3 is 0 Å². The van der Waals surface area contributed by atoms with Gasteiger partial charge in [0.2, 0.25) is 0 Å². The van der Waals surface area contributed by atoms with E-state index in [0.717, 1.165) is 0 Å². The average molecular weight is 200 g/mol. The molecule has 5 heteroatoms. The van der Waals surface area contributed by atoms with Crippen LogP contribution < -0.4 is 5.73 Å². The fraction of sp³-hybridized carbons (Fsp3) is 0. The minimum atomic E-state index is -0.585. The number of hydrogen-bond acceptors (Lipinski definition) is 4. The molecule has 0 aliphatic rings. The van der Waals surface area contributed by atoms with Gasteiger partial charge < -0.3 is 5.73 Å². The van der Waals surface area contributed by atoms with Crippen molar-refractivity contribution >= 4 is 5.91 Å². The average Bonchev–Trinajstić information content (AvgIpc) is 2.30. The minimum absolute atomic E-state index is 0.184. The van der Waals surface area contributed by atoms with Gasteiger partial charge in [0.25, 0.3) is 5.91 Å². The third-order valence-electron chi connectivity index (χ3n) is 1.85. The zero-order chi connectivity index (χ0) is 10.7. The first kappa shape index (κ1) is 9.26. The second-order valence-electron chi connectivity index (χ2n) is 2.84. The molecule has 0 spiro atoms. The standard InChI is InChI=1S/C10H8N4O/c11-9(15)8-7(3-1-4-12-8)10-13-5-2-6-14-10/h1-6H,(H2,11,15). The second-order valence-corrected chi connectivity index (χ2v) is 2.84. The molecule has 74 valence electrons. The van der Waals surface area contributed by atoms with Gasteiger partial charge in [-0.2, -0.15) is 0 Å². The van der Waals surface area contributed by atoms with Crippen LogP contribution in [0, 0.1) is 0 Å². The van der Waals surface area contributed by atoms with E-state index in [1.165, 1.54) is 6.20 Å². The molecule has 2 aromatic heterocycles. The molecule has 15 heavy (non-hydrogen) atoms. The van der Waals surface area contributed by atoms with Crippen LogP contribution >= 0.6 is 0 Å². The van der Waals surface area contributed by atoms with Crippen molar-refractivity contribution in [1.82, 2.24) is 15.0 Å². The number of pyridine rings is 1. The SMILES string of the molecule is NC(=O)c1ncccc1-c1ncccn1. The molecule has 1 amide bonds. The van der Waals surface area contributed by atoms with Gasteiger partial charge in [-0.3, -0.25) is 9.78 Å². The molecule has 0 aliphatic heterocycles.